The van der Waals surface area contributed by atoms with Gasteiger partial charge in [-0.1, -0.05) is 41.6 Å². The Bertz CT molecular complexity index is 1020. The van der Waals surface area contributed by atoms with Gasteiger partial charge in [-0.15, -0.1) is 10.2 Å². The van der Waals surface area contributed by atoms with E-state index >= 15 is 0 Å². The molecule has 0 atom stereocenters. The summed E-state index contributed by atoms with van der Waals surface area (Å²) in [6, 6.07) is 14.5. The summed E-state index contributed by atoms with van der Waals surface area (Å²) in [4.78, 5) is 26.1. The van der Waals surface area contributed by atoms with E-state index < -0.39 is 0 Å². The molecule has 2 heterocycles. The summed E-state index contributed by atoms with van der Waals surface area (Å²) in [5.74, 6) is -0.266. The van der Waals surface area contributed by atoms with E-state index in [0.29, 0.717) is 21.6 Å². The molecule has 2 amide bonds. The smallest absolute Gasteiger partial charge is 0.244 e. The maximum Gasteiger partial charge on any atom is 0.244 e. The zero-order valence-corrected chi connectivity index (χ0v) is 15.6. The Morgan fingerprint density at radius 2 is 2.07 bits per heavy atom. The van der Waals surface area contributed by atoms with Gasteiger partial charge in [0, 0.05) is 5.02 Å². The van der Waals surface area contributed by atoms with Gasteiger partial charge >= 0.3 is 0 Å². The highest BCUT2D eigenvalue weighted by atomic mass is 35.5. The monoisotopic (exact) mass is 399 g/mol. The molecule has 3 aromatic rings. The molecule has 1 aliphatic heterocycles. The number of benzene rings is 2. The van der Waals surface area contributed by atoms with Crippen LogP contribution in [0, 0.1) is 0 Å². The number of aromatic nitrogens is 3. The maximum absolute atomic E-state index is 12.8. The SMILES string of the molecule is O=C1CN(C(=O)CSc2nncn2-c2cccc(Cl)c2)c2ccccc2N1. The second-order valence-electron chi connectivity index (χ2n) is 5.80. The van der Waals surface area contributed by atoms with E-state index in [0.717, 1.165) is 5.69 Å². The number of anilines is 2. The van der Waals surface area contributed by atoms with Crippen LogP contribution in [0.25, 0.3) is 5.69 Å². The summed E-state index contributed by atoms with van der Waals surface area (Å²) < 4.78 is 1.76. The minimum atomic E-state index is -0.214. The molecule has 1 aliphatic rings. The molecule has 0 fully saturated rings. The molecule has 4 rings (SSSR count). The van der Waals surface area contributed by atoms with Gasteiger partial charge in [0.2, 0.25) is 11.8 Å². The van der Waals surface area contributed by atoms with Crippen molar-refractivity contribution < 1.29 is 9.59 Å². The number of thioether (sulfide) groups is 1. The van der Waals surface area contributed by atoms with E-state index in [-0.39, 0.29) is 24.1 Å². The third-order valence-corrected chi connectivity index (χ3v) is 5.16. The Morgan fingerprint density at radius 3 is 2.93 bits per heavy atom. The van der Waals surface area contributed by atoms with Crippen LogP contribution in [0.5, 0.6) is 0 Å². The number of halogens is 1. The van der Waals surface area contributed by atoms with Crippen molar-refractivity contribution >= 4 is 46.6 Å². The molecule has 0 radical (unpaired) electrons. The second kappa shape index (κ2) is 7.42. The predicted molar refractivity (Wildman–Crippen MR) is 105 cm³/mol. The molecule has 136 valence electrons. The van der Waals surface area contributed by atoms with Gasteiger partial charge in [-0.25, -0.2) is 0 Å². The number of carbonyl (C=O) groups excluding carboxylic acids is 2. The third-order valence-electron chi connectivity index (χ3n) is 4.00. The zero-order chi connectivity index (χ0) is 18.8. The maximum atomic E-state index is 12.8. The number of nitrogens with zero attached hydrogens (tertiary/aromatic N) is 4. The minimum absolute atomic E-state index is 0.00259. The van der Waals surface area contributed by atoms with E-state index in [4.69, 9.17) is 11.6 Å². The fraction of sp³-hybridized carbons (Fsp3) is 0.111. The highest BCUT2D eigenvalue weighted by molar-refractivity contribution is 7.99. The van der Waals surface area contributed by atoms with E-state index in [9.17, 15) is 9.59 Å². The lowest BCUT2D eigenvalue weighted by molar-refractivity contribution is -0.120. The van der Waals surface area contributed by atoms with Crippen molar-refractivity contribution in [1.82, 2.24) is 14.8 Å². The molecule has 7 nitrogen and oxygen atoms in total. The standard InChI is InChI=1S/C18H14ClN5O2S/c19-12-4-3-5-13(8-12)24-11-20-22-18(24)27-10-17(26)23-9-16(25)21-14-6-1-2-7-15(14)23/h1-8,11H,9-10H2,(H,21,25). The lowest BCUT2D eigenvalue weighted by Crippen LogP contribution is -2.43. The molecule has 1 aromatic heterocycles. The summed E-state index contributed by atoms with van der Waals surface area (Å²) in [6.07, 6.45) is 1.57. The van der Waals surface area contributed by atoms with E-state index in [1.165, 1.54) is 16.7 Å². The van der Waals surface area contributed by atoms with Gasteiger partial charge < -0.3 is 10.2 Å². The summed E-state index contributed by atoms with van der Waals surface area (Å²) in [6.45, 7) is -0.00259. The molecule has 0 spiro atoms. The van der Waals surface area contributed by atoms with Crippen molar-refractivity contribution in [2.24, 2.45) is 0 Å². The summed E-state index contributed by atoms with van der Waals surface area (Å²) in [5, 5.41) is 12.0. The van der Waals surface area contributed by atoms with Gasteiger partial charge in [-0.2, -0.15) is 0 Å². The molecule has 0 unspecified atom stereocenters. The molecular formula is C18H14ClN5O2S. The molecule has 9 heteroatoms. The molecule has 0 saturated carbocycles. The number of amides is 2. The van der Waals surface area contributed by atoms with Crippen LogP contribution in [-0.4, -0.2) is 38.9 Å². The fourth-order valence-electron chi connectivity index (χ4n) is 2.79. The molecule has 0 aliphatic carbocycles. The van der Waals surface area contributed by atoms with Crippen LogP contribution in [0.15, 0.2) is 60.0 Å². The first-order chi connectivity index (χ1) is 13.1. The first-order valence-corrected chi connectivity index (χ1v) is 9.46. The fourth-order valence-corrected chi connectivity index (χ4v) is 3.78. The average molecular weight is 400 g/mol. The summed E-state index contributed by atoms with van der Waals surface area (Å²) in [5.41, 5.74) is 2.14. The minimum Gasteiger partial charge on any atom is -0.323 e. The van der Waals surface area contributed by atoms with Crippen LogP contribution in [0.3, 0.4) is 0 Å². The normalized spacial score (nSPS) is 13.2. The second-order valence-corrected chi connectivity index (χ2v) is 7.18. The molecule has 0 saturated heterocycles. The van der Waals surface area contributed by atoms with Gasteiger partial charge in [0.25, 0.3) is 0 Å². The van der Waals surface area contributed by atoms with Gasteiger partial charge in [0.1, 0.15) is 12.9 Å². The number of fused-ring (bicyclic) bond motifs is 1. The molecular weight excluding hydrogens is 386 g/mol. The van der Waals surface area contributed by atoms with Gasteiger partial charge in [0.15, 0.2) is 5.16 Å². The number of carbonyl (C=O) groups is 2. The Balaban J connectivity index is 1.51. The molecule has 0 bridgehead atoms. The van der Waals surface area contributed by atoms with Gasteiger partial charge in [0.05, 0.1) is 22.8 Å². The third kappa shape index (κ3) is 3.67. The van der Waals surface area contributed by atoms with Crippen LogP contribution in [0.2, 0.25) is 5.02 Å². The number of hydrogen-bond donors (Lipinski definition) is 1. The molecule has 27 heavy (non-hydrogen) atoms. The average Bonchev–Trinajstić information content (AvgIpc) is 3.14. The first-order valence-electron chi connectivity index (χ1n) is 8.10. The Kier molecular flexibility index (Phi) is 4.83. The highest BCUT2D eigenvalue weighted by Gasteiger charge is 2.26. The summed E-state index contributed by atoms with van der Waals surface area (Å²) in [7, 11) is 0. The van der Waals surface area contributed by atoms with E-state index in [1.807, 2.05) is 30.3 Å². The molecule has 2 aromatic carbocycles. The van der Waals surface area contributed by atoms with Crippen molar-refractivity contribution in [3.8, 4) is 5.69 Å². The lowest BCUT2D eigenvalue weighted by atomic mass is 10.2. The number of nitrogens with one attached hydrogen (secondary N) is 1. The van der Waals surface area contributed by atoms with E-state index in [1.54, 1.807) is 29.1 Å². The zero-order valence-electron chi connectivity index (χ0n) is 14.0. The topological polar surface area (TPSA) is 80.1 Å². The Labute approximate surface area is 164 Å². The van der Waals surface area contributed by atoms with Crippen LogP contribution in [0.4, 0.5) is 11.4 Å². The van der Waals surface area contributed by atoms with Crippen molar-refractivity contribution in [2.45, 2.75) is 5.16 Å². The van der Waals surface area contributed by atoms with Crippen molar-refractivity contribution in [3.05, 3.63) is 59.9 Å². The van der Waals surface area contributed by atoms with Gasteiger partial charge in [-0.3, -0.25) is 14.2 Å². The number of hydrogen-bond acceptors (Lipinski definition) is 5. The van der Waals surface area contributed by atoms with Crippen LogP contribution < -0.4 is 10.2 Å². The highest BCUT2D eigenvalue weighted by Crippen LogP contribution is 2.30. The van der Waals surface area contributed by atoms with Crippen molar-refractivity contribution in [1.29, 1.82) is 0 Å². The largest absolute Gasteiger partial charge is 0.323 e. The summed E-state index contributed by atoms with van der Waals surface area (Å²) >= 11 is 7.30. The first kappa shape index (κ1) is 17.6. The van der Waals surface area contributed by atoms with Crippen LogP contribution in [-0.2, 0) is 9.59 Å². The number of rotatable bonds is 4. The van der Waals surface area contributed by atoms with Crippen molar-refractivity contribution in [2.75, 3.05) is 22.5 Å². The Morgan fingerprint density at radius 1 is 1.22 bits per heavy atom. The van der Waals surface area contributed by atoms with Crippen LogP contribution in [0.1, 0.15) is 0 Å². The van der Waals surface area contributed by atoms with Gasteiger partial charge in [-0.05, 0) is 30.3 Å². The number of para-hydroxylation sites is 2. The van der Waals surface area contributed by atoms with E-state index in [2.05, 4.69) is 15.5 Å². The lowest BCUT2D eigenvalue weighted by Gasteiger charge is -2.29. The van der Waals surface area contributed by atoms with Crippen LogP contribution >= 0.6 is 23.4 Å². The Hall–Kier alpha value is -2.84. The quantitative estimate of drug-likeness (QED) is 0.682. The predicted octanol–water partition coefficient (Wildman–Crippen LogP) is 3.00. The molecule has 1 N–H and O–H groups in total. The van der Waals surface area contributed by atoms with Crippen molar-refractivity contribution in [3.63, 3.8) is 0 Å².